The zero-order valence-electron chi connectivity index (χ0n) is 25.0. The molecule has 9 fully saturated rings. The largest absolute Gasteiger partial charge is 0.286 e. The van der Waals surface area contributed by atoms with Crippen LogP contribution in [0.4, 0.5) is 0 Å². The number of hydrogen-bond acceptors (Lipinski definition) is 8. The first-order valence-electron chi connectivity index (χ1n) is 17.9. The maximum Gasteiger partial charge on any atom is 0.0628 e. The third-order valence-electron chi connectivity index (χ3n) is 13.8. The summed E-state index contributed by atoms with van der Waals surface area (Å²) in [7, 11) is 0. The zero-order chi connectivity index (χ0) is 26.2. The molecule has 8 nitrogen and oxygen atoms in total. The van der Waals surface area contributed by atoms with Crippen LogP contribution in [0.5, 0.6) is 0 Å². The molecule has 4 saturated carbocycles. The molecule has 9 aliphatic rings. The number of fused-ring (bicyclic) bond motifs is 20. The van der Waals surface area contributed by atoms with Gasteiger partial charge in [0.2, 0.25) is 0 Å². The van der Waals surface area contributed by atoms with Crippen molar-refractivity contribution in [2.45, 2.75) is 152 Å². The number of hydrogen-bond donors (Lipinski definition) is 8. The molecule has 9 rings (SSSR count). The van der Waals surface area contributed by atoms with E-state index in [4.69, 9.17) is 0 Å². The maximum absolute atomic E-state index is 4.26. The van der Waals surface area contributed by atoms with E-state index in [1.165, 1.54) is 103 Å². The molecule has 8 atom stereocenters. The summed E-state index contributed by atoms with van der Waals surface area (Å²) in [6, 6.07) is 0. The fourth-order valence-electron chi connectivity index (χ4n) is 12.0. The van der Waals surface area contributed by atoms with Crippen molar-refractivity contribution in [3.05, 3.63) is 0 Å². The molecule has 8 unspecified atom stereocenters. The molecule has 0 aromatic heterocycles. The van der Waals surface area contributed by atoms with Crippen molar-refractivity contribution in [1.29, 1.82) is 0 Å². The van der Waals surface area contributed by atoms with E-state index >= 15 is 0 Å². The predicted molar refractivity (Wildman–Crippen MR) is 157 cm³/mol. The molecule has 0 radical (unpaired) electrons. The van der Waals surface area contributed by atoms with E-state index in [0.717, 1.165) is 47.3 Å². The first kappa shape index (κ1) is 28.8. The molecule has 5 saturated heterocycles. The van der Waals surface area contributed by atoms with Crippen LogP contribution < -0.4 is 42.5 Å². The van der Waals surface area contributed by atoms with Crippen molar-refractivity contribution in [1.82, 2.24) is 42.5 Å². The summed E-state index contributed by atoms with van der Waals surface area (Å²) < 4.78 is 0. The van der Waals surface area contributed by atoms with Gasteiger partial charge in [0.05, 0.1) is 49.3 Å². The monoisotopic (exact) mass is 650 g/mol. The number of rotatable bonds is 0. The predicted octanol–water partition coefficient (Wildman–Crippen LogP) is 2.60. The van der Waals surface area contributed by atoms with E-state index in [1.807, 2.05) is 0 Å². The van der Waals surface area contributed by atoms with E-state index in [9.17, 15) is 0 Å². The van der Waals surface area contributed by atoms with Crippen LogP contribution in [0.25, 0.3) is 0 Å². The van der Waals surface area contributed by atoms with Gasteiger partial charge in [0.15, 0.2) is 0 Å². The molecule has 5 heterocycles. The molecule has 0 spiro atoms. The van der Waals surface area contributed by atoms with E-state index in [1.54, 1.807) is 0 Å². The summed E-state index contributed by atoms with van der Waals surface area (Å²) in [5.41, 5.74) is 0. The summed E-state index contributed by atoms with van der Waals surface area (Å²) >= 11 is 0. The summed E-state index contributed by atoms with van der Waals surface area (Å²) in [6.45, 7) is 0. The Bertz CT molecular complexity index is 716. The van der Waals surface area contributed by atoms with Gasteiger partial charge in [0, 0.05) is 21.1 Å². The van der Waals surface area contributed by atoms with Gasteiger partial charge in [-0.1, -0.05) is 51.4 Å². The zero-order valence-corrected chi connectivity index (χ0v) is 27.0. The smallest absolute Gasteiger partial charge is 0.0628 e. The Hall–Kier alpha value is 0.368. The molecule has 4 aliphatic carbocycles. The normalized spacial score (nSPS) is 56.2. The SMILES string of the molecule is C1CCC2C3NC(NC4NC(NC5NC(NC6NC(N3)C3CCCCC63)C3CCCCC53)C3CCCCC43)C2C1.[Mo]. The van der Waals surface area contributed by atoms with E-state index < -0.39 is 0 Å². The second-order valence-corrected chi connectivity index (χ2v) is 15.6. The van der Waals surface area contributed by atoms with Gasteiger partial charge in [0.25, 0.3) is 0 Å². The molecule has 230 valence electrons. The van der Waals surface area contributed by atoms with Crippen LogP contribution in [0.1, 0.15) is 103 Å². The first-order valence-corrected chi connectivity index (χ1v) is 17.9. The minimum Gasteiger partial charge on any atom is -0.286 e. The van der Waals surface area contributed by atoms with Crippen LogP contribution in [-0.2, 0) is 21.1 Å². The molecular formula is C32H56MoN8. The van der Waals surface area contributed by atoms with Crippen LogP contribution in [-0.4, -0.2) is 49.3 Å². The summed E-state index contributed by atoms with van der Waals surface area (Å²) in [5.74, 6) is 5.97. The molecule has 5 aliphatic heterocycles. The third kappa shape index (κ3) is 5.06. The van der Waals surface area contributed by atoms with Gasteiger partial charge in [-0.3, -0.25) is 42.5 Å². The van der Waals surface area contributed by atoms with Crippen molar-refractivity contribution in [3.8, 4) is 0 Å². The van der Waals surface area contributed by atoms with Crippen LogP contribution in [0, 0.1) is 47.3 Å². The Morgan fingerprint density at radius 2 is 0.341 bits per heavy atom. The van der Waals surface area contributed by atoms with E-state index in [2.05, 4.69) is 42.5 Å². The van der Waals surface area contributed by atoms with Gasteiger partial charge >= 0.3 is 0 Å². The van der Waals surface area contributed by atoms with Gasteiger partial charge in [-0.25, -0.2) is 0 Å². The van der Waals surface area contributed by atoms with Gasteiger partial charge < -0.3 is 0 Å². The minimum atomic E-state index is 0. The Balaban J connectivity index is 0.00000256. The molecule has 8 N–H and O–H groups in total. The van der Waals surface area contributed by atoms with Gasteiger partial charge in [-0.2, -0.15) is 0 Å². The van der Waals surface area contributed by atoms with Crippen LogP contribution >= 0.6 is 0 Å². The second-order valence-electron chi connectivity index (χ2n) is 15.6. The fourth-order valence-corrected chi connectivity index (χ4v) is 12.0. The molecule has 0 aromatic carbocycles. The topological polar surface area (TPSA) is 96.2 Å². The Labute approximate surface area is 262 Å². The molecule has 8 bridgehead atoms. The molecule has 0 aromatic rings. The summed E-state index contributed by atoms with van der Waals surface area (Å²) in [4.78, 5) is 0. The van der Waals surface area contributed by atoms with Crippen LogP contribution in [0.15, 0.2) is 0 Å². The van der Waals surface area contributed by atoms with Gasteiger partial charge in [0.1, 0.15) is 0 Å². The van der Waals surface area contributed by atoms with Crippen LogP contribution in [0.2, 0.25) is 0 Å². The van der Waals surface area contributed by atoms with Crippen molar-refractivity contribution in [3.63, 3.8) is 0 Å². The molecule has 9 heteroatoms. The molecule has 41 heavy (non-hydrogen) atoms. The van der Waals surface area contributed by atoms with Crippen molar-refractivity contribution >= 4 is 0 Å². The second kappa shape index (κ2) is 11.9. The van der Waals surface area contributed by atoms with E-state index in [-0.39, 0.29) is 21.1 Å². The Morgan fingerprint density at radius 1 is 0.220 bits per heavy atom. The molecular weight excluding hydrogens is 592 g/mol. The van der Waals surface area contributed by atoms with E-state index in [0.29, 0.717) is 49.3 Å². The average Bonchev–Trinajstić information content (AvgIpc) is 3.73. The summed E-state index contributed by atoms with van der Waals surface area (Å²) in [5, 5.41) is 33.8. The van der Waals surface area contributed by atoms with Crippen molar-refractivity contribution in [2.75, 3.05) is 0 Å². The van der Waals surface area contributed by atoms with Crippen molar-refractivity contribution < 1.29 is 21.1 Å². The third-order valence-corrected chi connectivity index (χ3v) is 13.8. The average molecular weight is 649 g/mol. The maximum atomic E-state index is 4.26. The standard InChI is InChI=1S/C32H56N8.Mo/c1-2-10-18-17(9-1)25-33-26(18)38-28-21-13-5-6-14-22(21)30(35-28)40-32-24-16-8-7-15-23(24)31(36-32)39-29-20-12-4-3-11-19(20)27(34-29)37-25;/h17-40H,1-16H2;. The minimum absolute atomic E-state index is 0. The summed E-state index contributed by atoms with van der Waals surface area (Å²) in [6.07, 6.45) is 25.6. The fraction of sp³-hybridized carbons (Fsp3) is 1.00. The quantitative estimate of drug-likeness (QED) is 0.190. The Kier molecular flexibility index (Phi) is 8.40. The first-order chi connectivity index (χ1) is 19.8. The number of nitrogens with one attached hydrogen (secondary N) is 8. The molecule has 0 amide bonds. The van der Waals surface area contributed by atoms with Gasteiger partial charge in [-0.05, 0) is 98.7 Å². The van der Waals surface area contributed by atoms with Crippen molar-refractivity contribution in [2.24, 2.45) is 47.3 Å². The Morgan fingerprint density at radius 3 is 0.463 bits per heavy atom. The van der Waals surface area contributed by atoms with Crippen LogP contribution in [0.3, 0.4) is 0 Å². The van der Waals surface area contributed by atoms with Gasteiger partial charge in [-0.15, -0.1) is 0 Å².